The Hall–Kier alpha value is -1.73. The fraction of sp³-hybridized carbons (Fsp3) is 0.467. The second-order valence-corrected chi connectivity index (χ2v) is 4.63. The fourth-order valence-corrected chi connectivity index (χ4v) is 1.89. The largest absolute Gasteiger partial charge is 0.492 e. The lowest BCUT2D eigenvalue weighted by atomic mass is 10.2. The molecule has 0 aliphatic carbocycles. The third kappa shape index (κ3) is 5.94. The zero-order valence-electron chi connectivity index (χ0n) is 11.5. The van der Waals surface area contributed by atoms with Gasteiger partial charge in [0.05, 0.1) is 29.9 Å². The van der Waals surface area contributed by atoms with Crippen LogP contribution in [0.2, 0.25) is 5.02 Å². The third-order valence-corrected chi connectivity index (χ3v) is 2.94. The lowest BCUT2D eigenvalue weighted by Gasteiger charge is -2.08. The molecule has 4 nitrogen and oxygen atoms in total. The van der Waals surface area contributed by atoms with Gasteiger partial charge in [0.25, 0.3) is 0 Å². The van der Waals surface area contributed by atoms with Crippen LogP contribution in [0.15, 0.2) is 18.2 Å². The van der Waals surface area contributed by atoms with Gasteiger partial charge in [-0.2, -0.15) is 5.26 Å². The van der Waals surface area contributed by atoms with Crippen molar-refractivity contribution in [3.63, 3.8) is 0 Å². The van der Waals surface area contributed by atoms with E-state index in [9.17, 15) is 4.79 Å². The van der Waals surface area contributed by atoms with Crippen molar-refractivity contribution in [3.8, 4) is 11.8 Å². The van der Waals surface area contributed by atoms with E-state index in [0.29, 0.717) is 36.0 Å². The van der Waals surface area contributed by atoms with Crippen LogP contribution >= 0.6 is 11.6 Å². The average Bonchev–Trinajstić information content (AvgIpc) is 2.44. The van der Waals surface area contributed by atoms with Crippen molar-refractivity contribution in [1.82, 2.24) is 0 Å². The molecule has 0 fully saturated rings. The summed E-state index contributed by atoms with van der Waals surface area (Å²) >= 11 is 5.99. The van der Waals surface area contributed by atoms with E-state index in [1.165, 1.54) is 0 Å². The lowest BCUT2D eigenvalue weighted by molar-refractivity contribution is -0.143. The lowest BCUT2D eigenvalue weighted by Crippen LogP contribution is -2.04. The van der Waals surface area contributed by atoms with Gasteiger partial charge in [-0.15, -0.1) is 0 Å². The van der Waals surface area contributed by atoms with Crippen molar-refractivity contribution in [3.05, 3.63) is 28.8 Å². The van der Waals surface area contributed by atoms with E-state index in [2.05, 4.69) is 0 Å². The van der Waals surface area contributed by atoms with Crippen LogP contribution in [0, 0.1) is 11.3 Å². The van der Waals surface area contributed by atoms with Gasteiger partial charge in [0, 0.05) is 6.42 Å². The molecule has 1 aromatic rings. The summed E-state index contributed by atoms with van der Waals surface area (Å²) < 4.78 is 10.4. The highest BCUT2D eigenvalue weighted by Crippen LogP contribution is 2.25. The van der Waals surface area contributed by atoms with E-state index in [4.69, 9.17) is 26.3 Å². The van der Waals surface area contributed by atoms with E-state index in [1.54, 1.807) is 25.1 Å². The van der Waals surface area contributed by atoms with Crippen molar-refractivity contribution in [2.45, 2.75) is 32.6 Å². The third-order valence-electron chi connectivity index (χ3n) is 2.65. The number of hydrogen-bond donors (Lipinski definition) is 0. The molecular formula is C15H18ClNO3. The molecule has 0 atom stereocenters. The topological polar surface area (TPSA) is 59.3 Å². The minimum atomic E-state index is -0.149. The summed E-state index contributed by atoms with van der Waals surface area (Å²) in [6, 6.07) is 6.96. The van der Waals surface area contributed by atoms with Gasteiger partial charge in [-0.1, -0.05) is 11.6 Å². The number of carbonyl (C=O) groups is 1. The van der Waals surface area contributed by atoms with Gasteiger partial charge in [-0.3, -0.25) is 4.79 Å². The normalized spacial score (nSPS) is 9.85. The van der Waals surface area contributed by atoms with Gasteiger partial charge in [0.2, 0.25) is 0 Å². The predicted octanol–water partition coefficient (Wildman–Crippen LogP) is 3.71. The number of benzene rings is 1. The predicted molar refractivity (Wildman–Crippen MR) is 76.8 cm³/mol. The van der Waals surface area contributed by atoms with Crippen LogP contribution in [0.25, 0.3) is 0 Å². The first-order valence-electron chi connectivity index (χ1n) is 6.65. The highest BCUT2D eigenvalue weighted by molar-refractivity contribution is 6.32. The summed E-state index contributed by atoms with van der Waals surface area (Å²) in [6.07, 6.45) is 2.98. The van der Waals surface area contributed by atoms with E-state index >= 15 is 0 Å². The van der Waals surface area contributed by atoms with Crippen molar-refractivity contribution < 1.29 is 14.3 Å². The van der Waals surface area contributed by atoms with Crippen LogP contribution in [0.5, 0.6) is 5.75 Å². The molecule has 5 heteroatoms. The molecular weight excluding hydrogens is 278 g/mol. The molecule has 0 saturated heterocycles. The number of carbonyl (C=O) groups excluding carboxylic acids is 1. The van der Waals surface area contributed by atoms with E-state index < -0.39 is 0 Å². The number of nitriles is 1. The number of nitrogens with zero attached hydrogens (tertiary/aromatic N) is 1. The Kier molecular flexibility index (Phi) is 7.52. The van der Waals surface area contributed by atoms with Crippen LogP contribution in [0.4, 0.5) is 0 Å². The molecule has 108 valence electrons. The van der Waals surface area contributed by atoms with Gasteiger partial charge in [0.15, 0.2) is 0 Å². The van der Waals surface area contributed by atoms with Crippen LogP contribution in [0.3, 0.4) is 0 Å². The van der Waals surface area contributed by atoms with Crippen molar-refractivity contribution in [1.29, 1.82) is 5.26 Å². The number of ether oxygens (including phenoxy) is 2. The van der Waals surface area contributed by atoms with Crippen LogP contribution in [0.1, 0.15) is 38.2 Å². The maximum atomic E-state index is 11.1. The number of halogens is 1. The van der Waals surface area contributed by atoms with Gasteiger partial charge >= 0.3 is 5.97 Å². The Morgan fingerprint density at radius 1 is 1.35 bits per heavy atom. The molecule has 0 aliphatic heterocycles. The van der Waals surface area contributed by atoms with Crippen LogP contribution in [-0.2, 0) is 9.53 Å². The molecule has 0 aromatic heterocycles. The SMILES string of the molecule is CCOC(=O)CCCCCOc1ccc(C#N)cc1Cl. The van der Waals surface area contributed by atoms with Crippen molar-refractivity contribution >= 4 is 17.6 Å². The van der Waals surface area contributed by atoms with E-state index in [-0.39, 0.29) is 5.97 Å². The number of rotatable bonds is 8. The van der Waals surface area contributed by atoms with Crippen LogP contribution < -0.4 is 4.74 Å². The Morgan fingerprint density at radius 3 is 2.80 bits per heavy atom. The van der Waals surface area contributed by atoms with Gasteiger partial charge < -0.3 is 9.47 Å². The number of esters is 1. The maximum absolute atomic E-state index is 11.1. The second-order valence-electron chi connectivity index (χ2n) is 4.22. The fourth-order valence-electron chi connectivity index (χ4n) is 1.65. The minimum Gasteiger partial charge on any atom is -0.492 e. The molecule has 0 radical (unpaired) electrons. The molecule has 0 bridgehead atoms. The number of unbranched alkanes of at least 4 members (excludes halogenated alkanes) is 2. The molecule has 1 aromatic carbocycles. The van der Waals surface area contributed by atoms with Crippen molar-refractivity contribution in [2.24, 2.45) is 0 Å². The summed E-state index contributed by atoms with van der Waals surface area (Å²) in [5.41, 5.74) is 0.511. The molecule has 0 amide bonds. The monoisotopic (exact) mass is 295 g/mol. The molecule has 0 heterocycles. The average molecular weight is 296 g/mol. The van der Waals surface area contributed by atoms with Crippen LogP contribution in [-0.4, -0.2) is 19.2 Å². The zero-order chi connectivity index (χ0) is 14.8. The molecule has 0 aliphatic rings. The van der Waals surface area contributed by atoms with Crippen molar-refractivity contribution in [2.75, 3.05) is 13.2 Å². The molecule has 0 N–H and O–H groups in total. The first kappa shape index (κ1) is 16.3. The molecule has 0 spiro atoms. The quantitative estimate of drug-likeness (QED) is 0.542. The van der Waals surface area contributed by atoms with Gasteiger partial charge in [-0.05, 0) is 44.4 Å². The summed E-state index contributed by atoms with van der Waals surface area (Å²) in [7, 11) is 0. The maximum Gasteiger partial charge on any atom is 0.305 e. The first-order valence-corrected chi connectivity index (χ1v) is 7.03. The summed E-state index contributed by atoms with van der Waals surface area (Å²) in [4.78, 5) is 11.1. The zero-order valence-corrected chi connectivity index (χ0v) is 12.3. The first-order chi connectivity index (χ1) is 9.67. The minimum absolute atomic E-state index is 0.149. The molecule has 1 rings (SSSR count). The highest BCUT2D eigenvalue weighted by atomic mass is 35.5. The van der Waals surface area contributed by atoms with E-state index in [1.807, 2.05) is 6.07 Å². The standard InChI is InChI=1S/C15H18ClNO3/c1-2-19-15(18)6-4-3-5-9-20-14-8-7-12(11-17)10-13(14)16/h7-8,10H,2-6,9H2,1H3. The second kappa shape index (κ2) is 9.22. The Morgan fingerprint density at radius 2 is 2.15 bits per heavy atom. The smallest absolute Gasteiger partial charge is 0.305 e. The Bertz CT molecular complexity index is 482. The van der Waals surface area contributed by atoms with E-state index in [0.717, 1.165) is 19.3 Å². The molecule has 0 unspecified atom stereocenters. The summed E-state index contributed by atoms with van der Waals surface area (Å²) in [5.74, 6) is 0.430. The summed E-state index contributed by atoms with van der Waals surface area (Å²) in [6.45, 7) is 2.76. The Labute approximate surface area is 124 Å². The van der Waals surface area contributed by atoms with Gasteiger partial charge in [-0.25, -0.2) is 0 Å². The Balaban J connectivity index is 2.19. The number of hydrogen-bond acceptors (Lipinski definition) is 4. The summed E-state index contributed by atoms with van der Waals surface area (Å²) in [5, 5.41) is 9.16. The molecule has 0 saturated carbocycles. The molecule has 20 heavy (non-hydrogen) atoms. The van der Waals surface area contributed by atoms with Gasteiger partial charge in [0.1, 0.15) is 5.75 Å². The highest BCUT2D eigenvalue weighted by Gasteiger charge is 2.04.